The predicted molar refractivity (Wildman–Crippen MR) is 124 cm³/mol. The Labute approximate surface area is 191 Å². The van der Waals surface area contributed by atoms with Gasteiger partial charge in [-0.15, -0.1) is 0 Å². The first-order chi connectivity index (χ1) is 15.1. The van der Waals surface area contributed by atoms with Gasteiger partial charge in [0.25, 0.3) is 0 Å². The summed E-state index contributed by atoms with van der Waals surface area (Å²) < 4.78 is 23.7. The number of hydrogen-bond donors (Lipinski definition) is 1. The lowest BCUT2D eigenvalue weighted by atomic mass is 10.1. The van der Waals surface area contributed by atoms with Crippen LogP contribution in [0.4, 0.5) is 0 Å². The van der Waals surface area contributed by atoms with E-state index in [1.54, 1.807) is 0 Å². The molecular weight excluding hydrogens is 458 g/mol. The zero-order chi connectivity index (χ0) is 21.6. The van der Waals surface area contributed by atoms with Gasteiger partial charge < -0.3 is 24.3 Å². The minimum absolute atomic E-state index is 0.290. The highest BCUT2D eigenvalue weighted by Gasteiger charge is 2.14. The maximum atomic E-state index is 6.10. The summed E-state index contributed by atoms with van der Waals surface area (Å²) in [7, 11) is 0. The van der Waals surface area contributed by atoms with Crippen LogP contribution >= 0.6 is 15.9 Å². The van der Waals surface area contributed by atoms with Crippen LogP contribution in [0.3, 0.4) is 0 Å². The Hall–Kier alpha value is -2.70. The highest BCUT2D eigenvalue weighted by molar-refractivity contribution is 9.10. The third-order valence-electron chi connectivity index (χ3n) is 4.97. The van der Waals surface area contributed by atoms with E-state index in [9.17, 15) is 0 Å². The summed E-state index contributed by atoms with van der Waals surface area (Å²) in [6.45, 7) is 6.83. The molecule has 0 atom stereocenters. The smallest absolute Gasteiger partial charge is 0.231 e. The van der Waals surface area contributed by atoms with Gasteiger partial charge in [-0.05, 0) is 70.7 Å². The molecule has 0 unspecified atom stereocenters. The van der Waals surface area contributed by atoms with Crippen LogP contribution in [0.1, 0.15) is 29.2 Å². The van der Waals surface area contributed by atoms with Crippen LogP contribution in [0.25, 0.3) is 0 Å². The minimum Gasteiger partial charge on any atom is -0.490 e. The first kappa shape index (κ1) is 21.5. The summed E-state index contributed by atoms with van der Waals surface area (Å²) in [6.07, 6.45) is 0. The van der Waals surface area contributed by atoms with E-state index < -0.39 is 0 Å². The Bertz CT molecular complexity index is 1040. The van der Waals surface area contributed by atoms with Crippen LogP contribution < -0.4 is 24.3 Å². The van der Waals surface area contributed by atoms with Crippen LogP contribution in [-0.2, 0) is 19.7 Å². The Balaban J connectivity index is 1.40. The lowest BCUT2D eigenvalue weighted by Gasteiger charge is -2.16. The van der Waals surface area contributed by atoms with Gasteiger partial charge in [0.1, 0.15) is 6.61 Å². The van der Waals surface area contributed by atoms with E-state index in [2.05, 4.69) is 58.5 Å². The first-order valence-corrected chi connectivity index (χ1v) is 11.1. The third kappa shape index (κ3) is 5.51. The maximum Gasteiger partial charge on any atom is 0.231 e. The molecule has 1 aliphatic heterocycles. The van der Waals surface area contributed by atoms with Gasteiger partial charge in [-0.2, -0.15) is 0 Å². The van der Waals surface area contributed by atoms with Crippen LogP contribution in [0, 0.1) is 6.92 Å². The molecule has 0 saturated heterocycles. The number of hydrogen-bond acceptors (Lipinski definition) is 5. The molecule has 0 aliphatic carbocycles. The molecule has 0 spiro atoms. The first-order valence-electron chi connectivity index (χ1n) is 10.3. The fourth-order valence-corrected chi connectivity index (χ4v) is 3.97. The minimum atomic E-state index is 0.290. The predicted octanol–water partition coefficient (Wildman–Crippen LogP) is 5.75. The van der Waals surface area contributed by atoms with E-state index >= 15 is 0 Å². The summed E-state index contributed by atoms with van der Waals surface area (Å²) in [4.78, 5) is 0. The molecule has 4 rings (SSSR count). The van der Waals surface area contributed by atoms with Crippen molar-refractivity contribution in [2.24, 2.45) is 0 Å². The van der Waals surface area contributed by atoms with Gasteiger partial charge in [0.2, 0.25) is 6.79 Å². The molecule has 6 heteroatoms. The van der Waals surface area contributed by atoms with Gasteiger partial charge in [-0.3, -0.25) is 0 Å². The fraction of sp³-hybridized carbons (Fsp3) is 0.280. The highest BCUT2D eigenvalue weighted by atomic mass is 79.9. The second-order valence-electron chi connectivity index (χ2n) is 7.40. The van der Waals surface area contributed by atoms with Crippen LogP contribution in [0.2, 0.25) is 0 Å². The van der Waals surface area contributed by atoms with E-state index in [0.717, 1.165) is 50.7 Å². The molecule has 1 aliphatic rings. The molecule has 0 saturated carbocycles. The summed E-state index contributed by atoms with van der Waals surface area (Å²) >= 11 is 3.66. The second-order valence-corrected chi connectivity index (χ2v) is 8.26. The number of benzene rings is 3. The van der Waals surface area contributed by atoms with Gasteiger partial charge in [-0.1, -0.05) is 35.9 Å². The van der Waals surface area contributed by atoms with Crippen molar-refractivity contribution in [1.29, 1.82) is 0 Å². The zero-order valence-corrected chi connectivity index (χ0v) is 19.3. The van der Waals surface area contributed by atoms with Crippen LogP contribution in [-0.4, -0.2) is 13.4 Å². The molecule has 0 amide bonds. The normalized spacial score (nSPS) is 12.1. The number of fused-ring (bicyclic) bond motifs is 1. The van der Waals surface area contributed by atoms with Crippen LogP contribution in [0.5, 0.6) is 23.0 Å². The van der Waals surface area contributed by atoms with Crippen molar-refractivity contribution in [1.82, 2.24) is 5.32 Å². The summed E-state index contributed by atoms with van der Waals surface area (Å²) in [5.41, 5.74) is 4.61. The average molecular weight is 484 g/mol. The largest absolute Gasteiger partial charge is 0.490 e. The summed E-state index contributed by atoms with van der Waals surface area (Å²) in [5.74, 6) is 3.07. The van der Waals surface area contributed by atoms with Gasteiger partial charge >= 0.3 is 0 Å². The number of aryl methyl sites for hydroxylation is 1. The average Bonchev–Trinajstić information content (AvgIpc) is 3.23. The van der Waals surface area contributed by atoms with Gasteiger partial charge in [0.05, 0.1) is 11.1 Å². The number of ether oxygens (including phenoxy) is 4. The number of rotatable bonds is 9. The van der Waals surface area contributed by atoms with Gasteiger partial charge in [-0.25, -0.2) is 0 Å². The standard InChI is InChI=1S/C25H26BrNO4/c1-3-28-24-12-20(14-27-13-19-8-9-22-23(11-19)31-16-30-22)10-21(26)25(24)29-15-18-6-4-17(2)5-7-18/h4-12,27H,3,13-16H2,1-2H3. The third-order valence-corrected chi connectivity index (χ3v) is 5.56. The molecular formula is C25H26BrNO4. The van der Waals surface area contributed by atoms with Gasteiger partial charge in [0, 0.05) is 13.1 Å². The molecule has 1 N–H and O–H groups in total. The fourth-order valence-electron chi connectivity index (χ4n) is 3.37. The van der Waals surface area contributed by atoms with Crippen molar-refractivity contribution in [3.05, 3.63) is 81.3 Å². The molecule has 0 bridgehead atoms. The maximum absolute atomic E-state index is 6.10. The monoisotopic (exact) mass is 483 g/mol. The molecule has 5 nitrogen and oxygen atoms in total. The Kier molecular flexibility index (Phi) is 6.99. The topological polar surface area (TPSA) is 49.0 Å². The molecule has 3 aromatic rings. The molecule has 3 aromatic carbocycles. The molecule has 31 heavy (non-hydrogen) atoms. The van der Waals surface area contributed by atoms with E-state index in [-0.39, 0.29) is 0 Å². The molecule has 0 radical (unpaired) electrons. The van der Waals surface area contributed by atoms with E-state index in [4.69, 9.17) is 18.9 Å². The van der Waals surface area contributed by atoms with Crippen molar-refractivity contribution < 1.29 is 18.9 Å². The van der Waals surface area contributed by atoms with Crippen molar-refractivity contribution in [3.63, 3.8) is 0 Å². The van der Waals surface area contributed by atoms with Crippen LogP contribution in [0.15, 0.2) is 59.1 Å². The van der Waals surface area contributed by atoms with Crippen molar-refractivity contribution in [2.45, 2.75) is 33.5 Å². The van der Waals surface area contributed by atoms with E-state index in [1.807, 2.05) is 31.2 Å². The van der Waals surface area contributed by atoms with Crippen molar-refractivity contribution in [3.8, 4) is 23.0 Å². The SMILES string of the molecule is CCOc1cc(CNCc2ccc3c(c2)OCO3)cc(Br)c1OCc1ccc(C)cc1. The molecule has 1 heterocycles. The molecule has 162 valence electrons. The summed E-state index contributed by atoms with van der Waals surface area (Å²) in [6, 6.07) is 18.4. The number of halogens is 1. The Morgan fingerprint density at radius 1 is 0.871 bits per heavy atom. The lowest BCUT2D eigenvalue weighted by Crippen LogP contribution is -2.13. The highest BCUT2D eigenvalue weighted by Crippen LogP contribution is 2.37. The quantitative estimate of drug-likeness (QED) is 0.419. The van der Waals surface area contributed by atoms with Crippen molar-refractivity contribution >= 4 is 15.9 Å². The van der Waals surface area contributed by atoms with E-state index in [0.29, 0.717) is 26.6 Å². The Morgan fingerprint density at radius 3 is 2.42 bits per heavy atom. The second kappa shape index (κ2) is 10.1. The number of nitrogens with one attached hydrogen (secondary N) is 1. The Morgan fingerprint density at radius 2 is 1.61 bits per heavy atom. The van der Waals surface area contributed by atoms with Gasteiger partial charge in [0.15, 0.2) is 23.0 Å². The molecule has 0 fully saturated rings. The van der Waals surface area contributed by atoms with Crippen molar-refractivity contribution in [2.75, 3.05) is 13.4 Å². The summed E-state index contributed by atoms with van der Waals surface area (Å²) in [5, 5.41) is 3.47. The van der Waals surface area contributed by atoms with E-state index in [1.165, 1.54) is 5.56 Å². The molecule has 0 aromatic heterocycles. The lowest BCUT2D eigenvalue weighted by molar-refractivity contribution is 0.174. The zero-order valence-electron chi connectivity index (χ0n) is 17.7.